The maximum Gasteiger partial charge on any atom is 0.145 e. The first kappa shape index (κ1) is 23.9. The van der Waals surface area contributed by atoms with Gasteiger partial charge in [-0.05, 0) is 84.5 Å². The van der Waals surface area contributed by atoms with E-state index in [0.29, 0.717) is 0 Å². The van der Waals surface area contributed by atoms with Crippen LogP contribution in [0.1, 0.15) is 0 Å². The Kier molecular flexibility index (Phi) is 5.23. The summed E-state index contributed by atoms with van der Waals surface area (Å²) in [6.07, 6.45) is 0. The Bertz CT molecular complexity index is 2490. The predicted octanol–water partition coefficient (Wildman–Crippen LogP) is 11.0. The van der Waals surface area contributed by atoms with Crippen molar-refractivity contribution in [3.8, 4) is 28.2 Å². The molecule has 0 aliphatic heterocycles. The monoisotopic (exact) mass is 546 g/mol. The molecule has 0 fully saturated rings. The van der Waals surface area contributed by atoms with Crippen LogP contribution in [-0.2, 0) is 0 Å². The van der Waals surface area contributed by atoms with Crippen molar-refractivity contribution in [2.24, 2.45) is 0 Å². The van der Waals surface area contributed by atoms with Gasteiger partial charge in [0.1, 0.15) is 5.82 Å². The molecule has 0 atom stereocenters. The summed E-state index contributed by atoms with van der Waals surface area (Å²) in [6, 6.07) is 56.7. The molecule has 2 nitrogen and oxygen atoms in total. The second kappa shape index (κ2) is 9.40. The standard InChI is InChI=1S/C41H26N2/c1-2-12-29(13-3-1)43-39-21-11-10-20-38(39)42-41(43)28-24-22-27(23-25-28)36-26-37-32-16-5-4-14-30(32)31-15-6-8-18-34(31)40(37)35-19-9-7-17-33(35)36/h1-26H. The van der Waals surface area contributed by atoms with E-state index in [1.165, 1.54) is 54.2 Å². The third kappa shape index (κ3) is 3.63. The first-order chi connectivity index (χ1) is 21.3. The second-order valence-electron chi connectivity index (χ2n) is 11.2. The van der Waals surface area contributed by atoms with Gasteiger partial charge in [0.25, 0.3) is 0 Å². The van der Waals surface area contributed by atoms with Crippen molar-refractivity contribution >= 4 is 54.1 Å². The fourth-order valence-electron chi connectivity index (χ4n) is 6.86. The van der Waals surface area contributed by atoms with Gasteiger partial charge in [-0.3, -0.25) is 4.57 Å². The van der Waals surface area contributed by atoms with E-state index in [9.17, 15) is 0 Å². The van der Waals surface area contributed by atoms with Crippen LogP contribution < -0.4 is 0 Å². The second-order valence-corrected chi connectivity index (χ2v) is 11.2. The highest BCUT2D eigenvalue weighted by Gasteiger charge is 2.17. The maximum atomic E-state index is 5.08. The van der Waals surface area contributed by atoms with Gasteiger partial charge < -0.3 is 0 Å². The van der Waals surface area contributed by atoms with E-state index in [1.54, 1.807) is 0 Å². The van der Waals surface area contributed by atoms with Crippen LogP contribution in [0.25, 0.3) is 82.3 Å². The van der Waals surface area contributed by atoms with Crippen LogP contribution in [-0.4, -0.2) is 9.55 Å². The van der Waals surface area contributed by atoms with Gasteiger partial charge in [-0.25, -0.2) is 4.98 Å². The van der Waals surface area contributed by atoms with E-state index in [1.807, 2.05) is 0 Å². The predicted molar refractivity (Wildman–Crippen MR) is 182 cm³/mol. The fraction of sp³-hybridized carbons (Fsp3) is 0. The minimum absolute atomic E-state index is 0.944. The Morgan fingerprint density at radius 3 is 1.63 bits per heavy atom. The van der Waals surface area contributed by atoms with Gasteiger partial charge in [0.05, 0.1) is 11.0 Å². The number of hydrogen-bond acceptors (Lipinski definition) is 1. The largest absolute Gasteiger partial charge is 0.292 e. The third-order valence-electron chi connectivity index (χ3n) is 8.78. The molecule has 0 saturated heterocycles. The Hall–Kier alpha value is -5.73. The van der Waals surface area contributed by atoms with Crippen molar-refractivity contribution in [3.05, 3.63) is 158 Å². The molecule has 1 heterocycles. The minimum Gasteiger partial charge on any atom is -0.292 e. The van der Waals surface area contributed by atoms with Gasteiger partial charge >= 0.3 is 0 Å². The van der Waals surface area contributed by atoms with Crippen molar-refractivity contribution in [2.45, 2.75) is 0 Å². The Labute approximate surface area is 249 Å². The summed E-state index contributed by atoms with van der Waals surface area (Å²) in [7, 11) is 0. The lowest BCUT2D eigenvalue weighted by molar-refractivity contribution is 1.10. The number of imidazole rings is 1. The molecule has 0 bridgehead atoms. The molecular weight excluding hydrogens is 520 g/mol. The Balaban J connectivity index is 1.28. The lowest BCUT2D eigenvalue weighted by Gasteiger charge is -2.16. The molecular formula is C41H26N2. The number of para-hydroxylation sites is 3. The molecule has 1 aromatic heterocycles. The molecule has 8 aromatic carbocycles. The number of aromatic nitrogens is 2. The van der Waals surface area contributed by atoms with E-state index < -0.39 is 0 Å². The summed E-state index contributed by atoms with van der Waals surface area (Å²) in [5.74, 6) is 0.944. The molecule has 0 N–H and O–H groups in total. The lowest BCUT2D eigenvalue weighted by atomic mass is 9.87. The maximum absolute atomic E-state index is 5.08. The van der Waals surface area contributed by atoms with E-state index in [4.69, 9.17) is 4.98 Å². The zero-order valence-corrected chi connectivity index (χ0v) is 23.4. The summed E-state index contributed by atoms with van der Waals surface area (Å²) in [5, 5.41) is 10.3. The fourth-order valence-corrected chi connectivity index (χ4v) is 6.86. The van der Waals surface area contributed by atoms with Crippen LogP contribution in [0.2, 0.25) is 0 Å². The highest BCUT2D eigenvalue weighted by atomic mass is 15.1. The normalized spacial score (nSPS) is 11.7. The summed E-state index contributed by atoms with van der Waals surface area (Å²) >= 11 is 0. The Morgan fingerprint density at radius 2 is 0.907 bits per heavy atom. The summed E-state index contributed by atoms with van der Waals surface area (Å²) in [6.45, 7) is 0. The zero-order valence-electron chi connectivity index (χ0n) is 23.4. The van der Waals surface area contributed by atoms with Crippen LogP contribution in [0.5, 0.6) is 0 Å². The average Bonchev–Trinajstić information content (AvgIpc) is 3.48. The van der Waals surface area contributed by atoms with Crippen LogP contribution in [0, 0.1) is 0 Å². The molecule has 9 rings (SSSR count). The lowest BCUT2D eigenvalue weighted by Crippen LogP contribution is -1.97. The van der Waals surface area contributed by atoms with Crippen molar-refractivity contribution in [1.29, 1.82) is 0 Å². The van der Waals surface area contributed by atoms with E-state index >= 15 is 0 Å². The molecule has 0 unspecified atom stereocenters. The van der Waals surface area contributed by atoms with E-state index in [0.717, 1.165) is 28.1 Å². The average molecular weight is 547 g/mol. The number of rotatable bonds is 3. The minimum atomic E-state index is 0.944. The highest BCUT2D eigenvalue weighted by molar-refractivity contribution is 6.33. The highest BCUT2D eigenvalue weighted by Crippen LogP contribution is 2.43. The summed E-state index contributed by atoms with van der Waals surface area (Å²) in [4.78, 5) is 5.08. The smallest absolute Gasteiger partial charge is 0.145 e. The number of nitrogens with zero attached hydrogens (tertiary/aromatic N) is 2. The molecule has 200 valence electrons. The van der Waals surface area contributed by atoms with Gasteiger partial charge in [0.2, 0.25) is 0 Å². The van der Waals surface area contributed by atoms with Crippen molar-refractivity contribution in [3.63, 3.8) is 0 Å². The molecule has 9 aromatic rings. The summed E-state index contributed by atoms with van der Waals surface area (Å²) in [5.41, 5.74) is 6.73. The molecule has 0 aliphatic carbocycles. The van der Waals surface area contributed by atoms with Crippen LogP contribution in [0.15, 0.2) is 158 Å². The molecule has 0 amide bonds. The van der Waals surface area contributed by atoms with Crippen molar-refractivity contribution in [2.75, 3.05) is 0 Å². The quantitative estimate of drug-likeness (QED) is 0.202. The van der Waals surface area contributed by atoms with Gasteiger partial charge in [-0.2, -0.15) is 0 Å². The molecule has 0 saturated carbocycles. The Morgan fingerprint density at radius 1 is 0.395 bits per heavy atom. The van der Waals surface area contributed by atoms with Gasteiger partial charge in [0, 0.05) is 11.3 Å². The van der Waals surface area contributed by atoms with Crippen LogP contribution in [0.4, 0.5) is 0 Å². The van der Waals surface area contributed by atoms with E-state index in [-0.39, 0.29) is 0 Å². The zero-order chi connectivity index (χ0) is 28.3. The first-order valence-corrected chi connectivity index (χ1v) is 14.7. The van der Waals surface area contributed by atoms with E-state index in [2.05, 4.69) is 162 Å². The number of hydrogen-bond donors (Lipinski definition) is 0. The molecule has 0 radical (unpaired) electrons. The molecule has 0 spiro atoms. The van der Waals surface area contributed by atoms with Gasteiger partial charge in [-0.15, -0.1) is 0 Å². The SMILES string of the molecule is c1ccc(-n2c(-c3ccc(-c4cc5c6ccccc6c6ccccc6c5c5ccccc45)cc3)nc3ccccc32)cc1. The van der Waals surface area contributed by atoms with Crippen LogP contribution in [0.3, 0.4) is 0 Å². The first-order valence-electron chi connectivity index (χ1n) is 14.7. The number of benzene rings is 8. The van der Waals surface area contributed by atoms with Gasteiger partial charge in [0.15, 0.2) is 0 Å². The topological polar surface area (TPSA) is 17.8 Å². The molecule has 0 aliphatic rings. The van der Waals surface area contributed by atoms with Crippen molar-refractivity contribution in [1.82, 2.24) is 9.55 Å². The van der Waals surface area contributed by atoms with Crippen molar-refractivity contribution < 1.29 is 0 Å². The molecule has 2 heteroatoms. The van der Waals surface area contributed by atoms with Gasteiger partial charge in [-0.1, -0.05) is 127 Å². The molecule has 43 heavy (non-hydrogen) atoms. The third-order valence-corrected chi connectivity index (χ3v) is 8.78. The summed E-state index contributed by atoms with van der Waals surface area (Å²) < 4.78 is 2.26. The number of fused-ring (bicyclic) bond motifs is 9. The van der Waals surface area contributed by atoms with Crippen LogP contribution >= 0.6 is 0 Å².